The fraction of sp³-hybridized carbons (Fsp3) is 0.235. The molecule has 20 heavy (non-hydrogen) atoms. The van der Waals surface area contributed by atoms with Crippen LogP contribution in [0.2, 0.25) is 0 Å². The lowest BCUT2D eigenvalue weighted by molar-refractivity contribution is -0.118. The van der Waals surface area contributed by atoms with Crippen LogP contribution in [0.4, 0.5) is 0 Å². The van der Waals surface area contributed by atoms with Gasteiger partial charge in [-0.3, -0.25) is 4.79 Å². The van der Waals surface area contributed by atoms with E-state index < -0.39 is 0 Å². The van der Waals surface area contributed by atoms with Gasteiger partial charge >= 0.3 is 0 Å². The second kappa shape index (κ2) is 7.55. The van der Waals surface area contributed by atoms with E-state index in [1.165, 1.54) is 0 Å². The Bertz CT molecular complexity index is 490. The van der Waals surface area contributed by atoms with Crippen molar-refractivity contribution in [3.8, 4) is 0 Å². The summed E-state index contributed by atoms with van der Waals surface area (Å²) in [4.78, 5) is 12.9. The molecule has 0 heterocycles. The molecule has 0 aliphatic carbocycles. The number of ketones is 1. The van der Waals surface area contributed by atoms with E-state index in [2.05, 4.69) is 0 Å². The molecular weight excluding hydrogens is 284 g/mol. The van der Waals surface area contributed by atoms with Crippen molar-refractivity contribution in [3.63, 3.8) is 0 Å². The minimum Gasteiger partial charge on any atom is -0.296 e. The predicted molar refractivity (Wildman–Crippen MR) is 90.4 cm³/mol. The maximum atomic E-state index is 12.9. The molecule has 0 radical (unpaired) electrons. The molecule has 0 saturated carbocycles. The Balaban J connectivity index is 2.28. The van der Waals surface area contributed by atoms with E-state index in [-0.39, 0.29) is 16.3 Å². The van der Waals surface area contributed by atoms with Gasteiger partial charge in [-0.25, -0.2) is 0 Å². The summed E-state index contributed by atoms with van der Waals surface area (Å²) in [5.74, 6) is 0.266. The smallest absolute Gasteiger partial charge is 0.167 e. The molecule has 2 atom stereocenters. The SMILES string of the molecule is CSC(C(=O)C(SC)c1ccccc1)c1ccccc1. The molecular formula is C17H18OS2. The van der Waals surface area contributed by atoms with Crippen LogP contribution in [0.25, 0.3) is 0 Å². The number of rotatable bonds is 6. The first-order valence-electron chi connectivity index (χ1n) is 6.47. The summed E-state index contributed by atoms with van der Waals surface area (Å²) in [6, 6.07) is 20.0. The zero-order valence-corrected chi connectivity index (χ0v) is 13.3. The number of benzene rings is 2. The summed E-state index contributed by atoms with van der Waals surface area (Å²) in [6.45, 7) is 0. The van der Waals surface area contributed by atoms with Gasteiger partial charge in [0.2, 0.25) is 0 Å². The van der Waals surface area contributed by atoms with Crippen molar-refractivity contribution in [2.45, 2.75) is 10.5 Å². The number of hydrogen-bond acceptors (Lipinski definition) is 3. The number of carbonyl (C=O) groups excluding carboxylic acids is 1. The molecule has 0 aliphatic rings. The van der Waals surface area contributed by atoms with Crippen LogP contribution in [-0.4, -0.2) is 18.3 Å². The maximum absolute atomic E-state index is 12.9. The van der Waals surface area contributed by atoms with Crippen molar-refractivity contribution in [2.24, 2.45) is 0 Å². The maximum Gasteiger partial charge on any atom is 0.167 e. The van der Waals surface area contributed by atoms with Gasteiger partial charge in [0.05, 0.1) is 10.5 Å². The third-order valence-electron chi connectivity index (χ3n) is 3.19. The van der Waals surface area contributed by atoms with Crippen LogP contribution in [0.1, 0.15) is 21.6 Å². The molecule has 2 unspecified atom stereocenters. The number of thioether (sulfide) groups is 2. The number of carbonyl (C=O) groups is 1. The Morgan fingerprint density at radius 1 is 0.750 bits per heavy atom. The van der Waals surface area contributed by atoms with Gasteiger partial charge in [-0.15, -0.1) is 23.5 Å². The molecule has 0 N–H and O–H groups in total. The van der Waals surface area contributed by atoms with Crippen LogP contribution in [0, 0.1) is 0 Å². The predicted octanol–water partition coefficient (Wildman–Crippen LogP) is 4.76. The Morgan fingerprint density at radius 2 is 1.10 bits per heavy atom. The summed E-state index contributed by atoms with van der Waals surface area (Å²) in [5, 5.41) is -0.206. The van der Waals surface area contributed by atoms with E-state index >= 15 is 0 Å². The average molecular weight is 302 g/mol. The standard InChI is InChI=1S/C17H18OS2/c1-19-16(13-9-5-3-6-10-13)15(18)17(20-2)14-11-7-4-8-12-14/h3-12,16-17H,1-2H3. The van der Waals surface area contributed by atoms with Crippen molar-refractivity contribution in [1.29, 1.82) is 0 Å². The molecule has 1 nitrogen and oxygen atoms in total. The molecule has 104 valence electrons. The summed E-state index contributed by atoms with van der Waals surface area (Å²) in [7, 11) is 0. The monoisotopic (exact) mass is 302 g/mol. The van der Waals surface area contributed by atoms with Crippen molar-refractivity contribution >= 4 is 29.3 Å². The van der Waals surface area contributed by atoms with Crippen molar-refractivity contribution < 1.29 is 4.79 Å². The van der Waals surface area contributed by atoms with Crippen LogP contribution in [-0.2, 0) is 4.79 Å². The first kappa shape index (κ1) is 15.2. The average Bonchev–Trinajstić information content (AvgIpc) is 2.51. The molecule has 2 rings (SSSR count). The molecule has 3 heteroatoms. The largest absolute Gasteiger partial charge is 0.296 e. The van der Waals surface area contributed by atoms with E-state index in [1.807, 2.05) is 73.2 Å². The molecule has 0 spiro atoms. The number of Topliss-reactive ketones (excluding diaryl/α,β-unsaturated/α-hetero) is 1. The molecule has 2 aromatic carbocycles. The molecule has 2 aromatic rings. The van der Waals surface area contributed by atoms with E-state index in [1.54, 1.807) is 23.5 Å². The first-order valence-corrected chi connectivity index (χ1v) is 9.04. The fourth-order valence-electron chi connectivity index (χ4n) is 2.23. The van der Waals surface area contributed by atoms with Gasteiger partial charge in [0, 0.05) is 0 Å². The topological polar surface area (TPSA) is 17.1 Å². The molecule has 0 aliphatic heterocycles. The minimum atomic E-state index is -0.103. The Kier molecular flexibility index (Phi) is 5.74. The molecule has 0 aromatic heterocycles. The third-order valence-corrected chi connectivity index (χ3v) is 5.14. The van der Waals surface area contributed by atoms with Gasteiger partial charge < -0.3 is 0 Å². The highest BCUT2D eigenvalue weighted by atomic mass is 32.2. The van der Waals surface area contributed by atoms with Gasteiger partial charge in [-0.2, -0.15) is 0 Å². The number of hydrogen-bond donors (Lipinski definition) is 0. The van der Waals surface area contributed by atoms with Crippen LogP contribution < -0.4 is 0 Å². The highest BCUT2D eigenvalue weighted by Crippen LogP contribution is 2.38. The van der Waals surface area contributed by atoms with E-state index in [9.17, 15) is 4.79 Å². The second-order valence-electron chi connectivity index (χ2n) is 4.46. The van der Waals surface area contributed by atoms with Crippen LogP contribution in [0.5, 0.6) is 0 Å². The van der Waals surface area contributed by atoms with E-state index in [4.69, 9.17) is 0 Å². The summed E-state index contributed by atoms with van der Waals surface area (Å²) in [6.07, 6.45) is 4.00. The third kappa shape index (κ3) is 3.47. The summed E-state index contributed by atoms with van der Waals surface area (Å²) in [5.41, 5.74) is 2.17. The van der Waals surface area contributed by atoms with Gasteiger partial charge in [0.15, 0.2) is 5.78 Å². The Hall–Kier alpha value is -1.19. The van der Waals surface area contributed by atoms with Crippen LogP contribution in [0.15, 0.2) is 60.7 Å². The molecule has 0 bridgehead atoms. The molecule has 0 amide bonds. The van der Waals surface area contributed by atoms with E-state index in [0.717, 1.165) is 11.1 Å². The van der Waals surface area contributed by atoms with Crippen LogP contribution >= 0.6 is 23.5 Å². The molecule has 0 saturated heterocycles. The quantitative estimate of drug-likeness (QED) is 0.765. The van der Waals surface area contributed by atoms with Gasteiger partial charge in [-0.05, 0) is 23.6 Å². The minimum absolute atomic E-state index is 0.103. The zero-order valence-electron chi connectivity index (χ0n) is 11.7. The van der Waals surface area contributed by atoms with Gasteiger partial charge in [0.1, 0.15) is 0 Å². The lowest BCUT2D eigenvalue weighted by Crippen LogP contribution is -2.16. The summed E-state index contributed by atoms with van der Waals surface area (Å²) >= 11 is 3.21. The normalized spacial score (nSPS) is 13.7. The summed E-state index contributed by atoms with van der Waals surface area (Å²) < 4.78 is 0. The highest BCUT2D eigenvalue weighted by molar-refractivity contribution is 8.01. The van der Waals surface area contributed by atoms with Crippen molar-refractivity contribution in [2.75, 3.05) is 12.5 Å². The molecule has 0 fully saturated rings. The lowest BCUT2D eigenvalue weighted by Gasteiger charge is -2.20. The fourth-order valence-corrected chi connectivity index (χ4v) is 3.91. The first-order chi connectivity index (χ1) is 9.77. The Labute approximate surface area is 129 Å². The van der Waals surface area contributed by atoms with Crippen molar-refractivity contribution in [3.05, 3.63) is 71.8 Å². The highest BCUT2D eigenvalue weighted by Gasteiger charge is 2.28. The van der Waals surface area contributed by atoms with Crippen molar-refractivity contribution in [1.82, 2.24) is 0 Å². The van der Waals surface area contributed by atoms with Gasteiger partial charge in [0.25, 0.3) is 0 Å². The zero-order chi connectivity index (χ0) is 14.4. The Morgan fingerprint density at radius 3 is 1.40 bits per heavy atom. The van der Waals surface area contributed by atoms with Gasteiger partial charge in [-0.1, -0.05) is 60.7 Å². The lowest BCUT2D eigenvalue weighted by atomic mass is 10.0. The van der Waals surface area contributed by atoms with E-state index in [0.29, 0.717) is 0 Å². The second-order valence-corrected chi connectivity index (χ2v) is 6.34. The van der Waals surface area contributed by atoms with Crippen LogP contribution in [0.3, 0.4) is 0 Å².